The van der Waals surface area contributed by atoms with E-state index in [1.54, 1.807) is 12.1 Å². The molecule has 186 valence electrons. The third kappa shape index (κ3) is 7.90. The van der Waals surface area contributed by atoms with Crippen LogP contribution in [0.2, 0.25) is 5.02 Å². The molecular weight excluding hydrogens is 448 g/mol. The molecule has 0 aromatic heterocycles. The van der Waals surface area contributed by atoms with E-state index in [9.17, 15) is 4.79 Å². The number of halogens is 1. The Labute approximate surface area is 209 Å². The van der Waals surface area contributed by atoms with Crippen molar-refractivity contribution in [2.75, 3.05) is 52.1 Å². The molecule has 0 atom stereocenters. The number of ether oxygens (including phenoxy) is 1. The molecule has 0 radical (unpaired) electrons. The van der Waals surface area contributed by atoms with E-state index in [2.05, 4.69) is 52.4 Å². The average molecular weight is 487 g/mol. The molecule has 1 aliphatic heterocycles. The lowest BCUT2D eigenvalue weighted by molar-refractivity contribution is 0.0932. The number of carbonyl (C=O) groups excluding carboxylic acids is 1. The summed E-state index contributed by atoms with van der Waals surface area (Å²) >= 11 is 6.10. The van der Waals surface area contributed by atoms with Gasteiger partial charge in [-0.3, -0.25) is 9.69 Å². The standard InChI is InChI=1S/C27H39ClN4O2/c1-3-31(20-22-9-5-4-6-10-22)13-7-8-14-32-15-11-21(12-16-32)19-30-27(33)23-17-24(28)25(29)18-26(23)34-2/h4-6,9-10,17-18,21H,3,7-8,11-16,19-20,29H2,1-2H3,(H,30,33). The van der Waals surface area contributed by atoms with Crippen molar-refractivity contribution in [2.45, 2.75) is 39.2 Å². The van der Waals surface area contributed by atoms with Crippen molar-refractivity contribution in [2.24, 2.45) is 5.92 Å². The number of amides is 1. The molecular formula is C27H39ClN4O2. The molecule has 0 bridgehead atoms. The maximum Gasteiger partial charge on any atom is 0.255 e. The minimum Gasteiger partial charge on any atom is -0.496 e. The highest BCUT2D eigenvalue weighted by atomic mass is 35.5. The zero-order chi connectivity index (χ0) is 24.3. The Kier molecular flexibility index (Phi) is 10.5. The largest absolute Gasteiger partial charge is 0.496 e. The van der Waals surface area contributed by atoms with Crippen molar-refractivity contribution in [3.8, 4) is 5.75 Å². The number of unbranched alkanes of at least 4 members (excludes halogenated alkanes) is 1. The number of rotatable bonds is 12. The summed E-state index contributed by atoms with van der Waals surface area (Å²) in [6, 6.07) is 13.9. The Morgan fingerprint density at radius 3 is 2.62 bits per heavy atom. The first-order valence-electron chi connectivity index (χ1n) is 12.4. The lowest BCUT2D eigenvalue weighted by Gasteiger charge is -2.32. The highest BCUT2D eigenvalue weighted by molar-refractivity contribution is 6.33. The third-order valence-electron chi connectivity index (χ3n) is 6.72. The van der Waals surface area contributed by atoms with E-state index in [0.717, 1.165) is 52.1 Å². The fraction of sp³-hybridized carbons (Fsp3) is 0.519. The van der Waals surface area contributed by atoms with E-state index in [-0.39, 0.29) is 5.91 Å². The Bertz CT molecular complexity index is 901. The van der Waals surface area contributed by atoms with Gasteiger partial charge in [-0.25, -0.2) is 0 Å². The molecule has 3 rings (SSSR count). The van der Waals surface area contributed by atoms with Crippen LogP contribution in [0.5, 0.6) is 5.75 Å². The van der Waals surface area contributed by atoms with Gasteiger partial charge in [0.2, 0.25) is 0 Å². The number of nitrogen functional groups attached to an aromatic ring is 1. The van der Waals surface area contributed by atoms with Crippen molar-refractivity contribution >= 4 is 23.2 Å². The number of nitrogens with two attached hydrogens (primary N) is 1. The molecule has 7 heteroatoms. The number of benzene rings is 2. The Morgan fingerprint density at radius 1 is 1.21 bits per heavy atom. The lowest BCUT2D eigenvalue weighted by atomic mass is 9.96. The van der Waals surface area contributed by atoms with Crippen LogP contribution in [-0.2, 0) is 6.54 Å². The van der Waals surface area contributed by atoms with E-state index in [1.807, 2.05) is 0 Å². The van der Waals surface area contributed by atoms with E-state index in [1.165, 1.54) is 25.5 Å². The average Bonchev–Trinajstić information content (AvgIpc) is 2.87. The van der Waals surface area contributed by atoms with Crippen molar-refractivity contribution in [1.29, 1.82) is 0 Å². The molecule has 1 aliphatic rings. The summed E-state index contributed by atoms with van der Waals surface area (Å²) in [6.45, 7) is 9.52. The maximum absolute atomic E-state index is 12.7. The quantitative estimate of drug-likeness (QED) is 0.337. The van der Waals surface area contributed by atoms with Gasteiger partial charge >= 0.3 is 0 Å². The maximum atomic E-state index is 12.7. The second kappa shape index (κ2) is 13.6. The van der Waals surface area contributed by atoms with Crippen LogP contribution in [0.1, 0.15) is 48.5 Å². The van der Waals surface area contributed by atoms with E-state index in [0.29, 0.717) is 34.5 Å². The van der Waals surface area contributed by atoms with Gasteiger partial charge in [-0.05, 0) is 76.0 Å². The first-order valence-corrected chi connectivity index (χ1v) is 12.8. The first kappa shape index (κ1) is 26.3. The van der Waals surface area contributed by atoms with Crippen molar-refractivity contribution < 1.29 is 9.53 Å². The summed E-state index contributed by atoms with van der Waals surface area (Å²) < 4.78 is 5.30. The number of hydrogen-bond donors (Lipinski definition) is 2. The van der Waals surface area contributed by atoms with Gasteiger partial charge in [0.1, 0.15) is 5.75 Å². The molecule has 1 amide bonds. The van der Waals surface area contributed by atoms with Gasteiger partial charge < -0.3 is 20.7 Å². The van der Waals surface area contributed by atoms with Crippen molar-refractivity contribution in [1.82, 2.24) is 15.1 Å². The zero-order valence-electron chi connectivity index (χ0n) is 20.6. The Morgan fingerprint density at radius 2 is 1.94 bits per heavy atom. The van der Waals surface area contributed by atoms with Gasteiger partial charge in [0.05, 0.1) is 23.4 Å². The van der Waals surface area contributed by atoms with Gasteiger partial charge in [0.15, 0.2) is 0 Å². The summed E-state index contributed by atoms with van der Waals surface area (Å²) in [5.74, 6) is 0.772. The third-order valence-corrected chi connectivity index (χ3v) is 7.04. The summed E-state index contributed by atoms with van der Waals surface area (Å²) in [7, 11) is 1.53. The predicted molar refractivity (Wildman–Crippen MR) is 141 cm³/mol. The van der Waals surface area contributed by atoms with E-state index >= 15 is 0 Å². The minimum atomic E-state index is -0.169. The SMILES string of the molecule is CCN(CCCCN1CCC(CNC(=O)c2cc(Cl)c(N)cc2OC)CC1)Cc1ccccc1. The second-order valence-corrected chi connectivity index (χ2v) is 9.54. The molecule has 0 saturated carbocycles. The van der Waals surface area contributed by atoms with Crippen LogP contribution in [-0.4, -0.2) is 62.1 Å². The molecule has 34 heavy (non-hydrogen) atoms. The predicted octanol–water partition coefficient (Wildman–Crippen LogP) is 4.67. The number of nitrogens with one attached hydrogen (secondary N) is 1. The first-order chi connectivity index (χ1) is 16.5. The van der Waals surface area contributed by atoms with Crippen molar-refractivity contribution in [3.63, 3.8) is 0 Å². The van der Waals surface area contributed by atoms with Gasteiger partial charge in [0, 0.05) is 19.2 Å². The number of likely N-dealkylation sites (tertiary alicyclic amines) is 1. The van der Waals surface area contributed by atoms with Gasteiger partial charge in [-0.2, -0.15) is 0 Å². The van der Waals surface area contributed by atoms with E-state index in [4.69, 9.17) is 22.1 Å². The molecule has 2 aromatic carbocycles. The van der Waals surface area contributed by atoms with Crippen LogP contribution in [0.3, 0.4) is 0 Å². The molecule has 0 spiro atoms. The number of piperidine rings is 1. The minimum absolute atomic E-state index is 0.169. The van der Waals surface area contributed by atoms with Gasteiger partial charge in [0.25, 0.3) is 5.91 Å². The van der Waals surface area contributed by atoms with Crippen LogP contribution < -0.4 is 15.8 Å². The monoisotopic (exact) mass is 486 g/mol. The number of nitrogens with zero attached hydrogens (tertiary/aromatic N) is 2. The highest BCUT2D eigenvalue weighted by Gasteiger charge is 2.21. The summed E-state index contributed by atoms with van der Waals surface area (Å²) in [6.07, 6.45) is 4.66. The normalized spacial score (nSPS) is 14.9. The molecule has 1 heterocycles. The Hall–Kier alpha value is -2.28. The van der Waals surface area contributed by atoms with E-state index < -0.39 is 0 Å². The van der Waals surface area contributed by atoms with Crippen LogP contribution in [0.25, 0.3) is 0 Å². The fourth-order valence-corrected chi connectivity index (χ4v) is 4.69. The van der Waals surface area contributed by atoms with Crippen LogP contribution in [0, 0.1) is 5.92 Å². The van der Waals surface area contributed by atoms with Crippen LogP contribution >= 0.6 is 11.6 Å². The smallest absolute Gasteiger partial charge is 0.255 e. The summed E-state index contributed by atoms with van der Waals surface area (Å²) in [5.41, 5.74) is 8.03. The molecule has 3 N–H and O–H groups in total. The number of anilines is 1. The number of methoxy groups -OCH3 is 1. The molecule has 0 aliphatic carbocycles. The fourth-order valence-electron chi connectivity index (χ4n) is 4.52. The zero-order valence-corrected chi connectivity index (χ0v) is 21.3. The van der Waals surface area contributed by atoms with Crippen LogP contribution in [0.15, 0.2) is 42.5 Å². The number of carbonyl (C=O) groups is 1. The second-order valence-electron chi connectivity index (χ2n) is 9.13. The molecule has 0 unspecified atom stereocenters. The summed E-state index contributed by atoms with van der Waals surface area (Å²) in [5, 5.41) is 3.42. The molecule has 2 aromatic rings. The van der Waals surface area contributed by atoms with Crippen molar-refractivity contribution in [3.05, 3.63) is 58.6 Å². The molecule has 1 fully saturated rings. The van der Waals surface area contributed by atoms with Gasteiger partial charge in [-0.15, -0.1) is 0 Å². The summed E-state index contributed by atoms with van der Waals surface area (Å²) in [4.78, 5) is 17.7. The topological polar surface area (TPSA) is 70.8 Å². The highest BCUT2D eigenvalue weighted by Crippen LogP contribution is 2.29. The molecule has 6 nitrogen and oxygen atoms in total. The molecule has 1 saturated heterocycles. The Balaban J connectivity index is 1.32. The lowest BCUT2D eigenvalue weighted by Crippen LogP contribution is -2.39. The number of hydrogen-bond acceptors (Lipinski definition) is 5. The van der Waals surface area contributed by atoms with Crippen LogP contribution in [0.4, 0.5) is 5.69 Å². The van der Waals surface area contributed by atoms with Gasteiger partial charge in [-0.1, -0.05) is 48.9 Å².